The standard InChI is InChI=1S/C8H14.W/c1-7-5-3-4-6-8(7)2;/h7-8H,1-6H2;/q-2;+2. The fourth-order valence-corrected chi connectivity index (χ4v) is 1.28. The van der Waals surface area contributed by atoms with Gasteiger partial charge in [0.2, 0.25) is 0 Å². The smallest absolute Gasteiger partial charge is 0.342 e. The van der Waals surface area contributed by atoms with Crippen molar-refractivity contribution >= 4 is 0 Å². The maximum atomic E-state index is 4.02. The molecular formula is C8H14W. The van der Waals surface area contributed by atoms with Crippen LogP contribution in [0.3, 0.4) is 0 Å². The molecular weight excluding hydrogens is 280 g/mol. The second-order valence-electron chi connectivity index (χ2n) is 2.80. The van der Waals surface area contributed by atoms with Gasteiger partial charge in [-0.25, -0.2) is 0 Å². The van der Waals surface area contributed by atoms with Crippen molar-refractivity contribution in [1.82, 2.24) is 0 Å². The molecule has 0 saturated heterocycles. The first-order chi connectivity index (χ1) is 3.80. The van der Waals surface area contributed by atoms with Crippen molar-refractivity contribution < 1.29 is 21.1 Å². The molecule has 9 heavy (non-hydrogen) atoms. The molecule has 1 fully saturated rings. The Balaban J connectivity index is 0.000000640. The van der Waals surface area contributed by atoms with Crippen LogP contribution in [0.1, 0.15) is 25.7 Å². The molecule has 0 aromatic heterocycles. The van der Waals surface area contributed by atoms with E-state index < -0.39 is 0 Å². The zero-order chi connectivity index (χ0) is 5.98. The van der Waals surface area contributed by atoms with Gasteiger partial charge in [-0.2, -0.15) is 11.8 Å². The first kappa shape index (κ1) is 9.69. The topological polar surface area (TPSA) is 0 Å². The third-order valence-corrected chi connectivity index (χ3v) is 2.07. The molecule has 0 radical (unpaired) electrons. The van der Waals surface area contributed by atoms with Crippen LogP contribution >= 0.6 is 0 Å². The van der Waals surface area contributed by atoms with Crippen molar-refractivity contribution in [3.63, 3.8) is 0 Å². The van der Waals surface area contributed by atoms with E-state index in [1.807, 2.05) is 0 Å². The number of hydrogen-bond acceptors (Lipinski definition) is 0. The predicted molar refractivity (Wildman–Crippen MR) is 36.2 cm³/mol. The fraction of sp³-hybridized carbons (Fsp3) is 0.750. The summed E-state index contributed by atoms with van der Waals surface area (Å²) >= 11 is 0. The zero-order valence-corrected chi connectivity index (χ0v) is 8.74. The summed E-state index contributed by atoms with van der Waals surface area (Å²) in [5, 5.41) is 0. The second-order valence-corrected chi connectivity index (χ2v) is 2.80. The molecule has 2 atom stereocenters. The van der Waals surface area contributed by atoms with Gasteiger partial charge in [-0.1, -0.05) is 25.7 Å². The van der Waals surface area contributed by atoms with Gasteiger partial charge < -0.3 is 13.8 Å². The molecule has 2 unspecified atom stereocenters. The average molecular weight is 294 g/mol. The molecule has 0 nitrogen and oxygen atoms in total. The van der Waals surface area contributed by atoms with Crippen LogP contribution in [-0.2, 0) is 21.1 Å². The van der Waals surface area contributed by atoms with Crippen LogP contribution in [0.5, 0.6) is 0 Å². The molecule has 1 rings (SSSR count). The monoisotopic (exact) mass is 294 g/mol. The van der Waals surface area contributed by atoms with Gasteiger partial charge in [-0.05, 0) is 0 Å². The third-order valence-electron chi connectivity index (χ3n) is 2.07. The Morgan fingerprint density at radius 1 is 0.889 bits per heavy atom. The van der Waals surface area contributed by atoms with E-state index in [-0.39, 0.29) is 21.1 Å². The second kappa shape index (κ2) is 4.50. The summed E-state index contributed by atoms with van der Waals surface area (Å²) in [6.07, 6.45) is 5.35. The quantitative estimate of drug-likeness (QED) is 0.602. The van der Waals surface area contributed by atoms with E-state index in [2.05, 4.69) is 13.8 Å². The minimum Gasteiger partial charge on any atom is -0.342 e. The van der Waals surface area contributed by atoms with Crippen molar-refractivity contribution in [3.8, 4) is 0 Å². The Labute approximate surface area is 72.7 Å². The zero-order valence-electron chi connectivity index (χ0n) is 5.81. The molecule has 0 aromatic rings. The Kier molecular flexibility index (Phi) is 4.84. The Morgan fingerprint density at radius 3 is 1.44 bits per heavy atom. The van der Waals surface area contributed by atoms with Crippen LogP contribution < -0.4 is 0 Å². The van der Waals surface area contributed by atoms with Crippen molar-refractivity contribution in [2.24, 2.45) is 11.8 Å². The molecule has 0 N–H and O–H groups in total. The van der Waals surface area contributed by atoms with E-state index >= 15 is 0 Å². The normalized spacial score (nSPS) is 35.3. The summed E-state index contributed by atoms with van der Waals surface area (Å²) in [5.41, 5.74) is 0. The first-order valence-electron chi connectivity index (χ1n) is 3.47. The van der Waals surface area contributed by atoms with E-state index in [0.29, 0.717) is 11.8 Å². The molecule has 0 heterocycles. The largest absolute Gasteiger partial charge is 2.00 e. The Morgan fingerprint density at radius 2 is 1.22 bits per heavy atom. The Hall–Kier alpha value is 0.688. The van der Waals surface area contributed by atoms with Crippen LogP contribution in [0.15, 0.2) is 0 Å². The van der Waals surface area contributed by atoms with Gasteiger partial charge >= 0.3 is 21.1 Å². The molecule has 1 aliphatic rings. The Bertz CT molecular complexity index is 61.0. The molecule has 52 valence electrons. The fourth-order valence-electron chi connectivity index (χ4n) is 1.28. The van der Waals surface area contributed by atoms with E-state index in [1.165, 1.54) is 25.7 Å². The minimum absolute atomic E-state index is 0. The van der Waals surface area contributed by atoms with Gasteiger partial charge in [-0.15, -0.1) is 0 Å². The molecule has 0 spiro atoms. The van der Waals surface area contributed by atoms with Crippen molar-refractivity contribution in [2.45, 2.75) is 25.7 Å². The van der Waals surface area contributed by atoms with E-state index in [9.17, 15) is 0 Å². The van der Waals surface area contributed by atoms with Crippen LogP contribution in [0.2, 0.25) is 0 Å². The van der Waals surface area contributed by atoms with E-state index in [1.54, 1.807) is 0 Å². The minimum atomic E-state index is 0. The first-order valence-corrected chi connectivity index (χ1v) is 3.47. The summed E-state index contributed by atoms with van der Waals surface area (Å²) in [6.45, 7) is 8.03. The molecule has 1 aliphatic carbocycles. The molecule has 0 amide bonds. The maximum Gasteiger partial charge on any atom is 2.00 e. The summed E-state index contributed by atoms with van der Waals surface area (Å²) < 4.78 is 0. The van der Waals surface area contributed by atoms with Gasteiger partial charge in [0.15, 0.2) is 0 Å². The van der Waals surface area contributed by atoms with Gasteiger partial charge in [0.25, 0.3) is 0 Å². The van der Waals surface area contributed by atoms with Crippen LogP contribution in [0.4, 0.5) is 0 Å². The predicted octanol–water partition coefficient (Wildman–Crippen LogP) is 2.46. The van der Waals surface area contributed by atoms with Crippen molar-refractivity contribution in [2.75, 3.05) is 0 Å². The summed E-state index contributed by atoms with van der Waals surface area (Å²) in [4.78, 5) is 0. The van der Waals surface area contributed by atoms with Gasteiger partial charge in [0.05, 0.1) is 0 Å². The van der Waals surface area contributed by atoms with Crippen molar-refractivity contribution in [3.05, 3.63) is 13.8 Å². The maximum absolute atomic E-state index is 4.02. The molecule has 0 bridgehead atoms. The van der Waals surface area contributed by atoms with E-state index in [4.69, 9.17) is 0 Å². The van der Waals surface area contributed by atoms with E-state index in [0.717, 1.165) is 0 Å². The number of hydrogen-bond donors (Lipinski definition) is 0. The van der Waals surface area contributed by atoms with Crippen molar-refractivity contribution in [1.29, 1.82) is 0 Å². The van der Waals surface area contributed by atoms with Gasteiger partial charge in [-0.3, -0.25) is 0 Å². The molecule has 1 heteroatoms. The van der Waals surface area contributed by atoms with Crippen LogP contribution in [0.25, 0.3) is 0 Å². The van der Waals surface area contributed by atoms with Crippen LogP contribution in [0, 0.1) is 25.7 Å². The molecule has 0 aromatic carbocycles. The third kappa shape index (κ3) is 2.84. The molecule has 0 aliphatic heterocycles. The summed E-state index contributed by atoms with van der Waals surface area (Å²) in [7, 11) is 0. The van der Waals surface area contributed by atoms with Crippen LogP contribution in [-0.4, -0.2) is 0 Å². The SMILES string of the molecule is [CH2-]C1CCCCC1[CH2-].[W+2]. The summed E-state index contributed by atoms with van der Waals surface area (Å²) in [5.74, 6) is 1.28. The summed E-state index contributed by atoms with van der Waals surface area (Å²) in [6, 6.07) is 0. The molecule has 1 saturated carbocycles. The van der Waals surface area contributed by atoms with Gasteiger partial charge in [0, 0.05) is 0 Å². The average Bonchev–Trinajstić information content (AvgIpc) is 1.77. The number of rotatable bonds is 0. The van der Waals surface area contributed by atoms with Gasteiger partial charge in [0.1, 0.15) is 0 Å².